The summed E-state index contributed by atoms with van der Waals surface area (Å²) >= 11 is 0. The molecule has 1 aromatic carbocycles. The summed E-state index contributed by atoms with van der Waals surface area (Å²) in [6, 6.07) is 5.33. The van der Waals surface area contributed by atoms with Crippen LogP contribution in [0.5, 0.6) is 0 Å². The molecule has 1 atom stereocenters. The number of carboxylic acid groups (broad SMARTS) is 1. The van der Waals surface area contributed by atoms with Crippen LogP contribution >= 0.6 is 0 Å². The second-order valence-electron chi connectivity index (χ2n) is 5.92. The Kier molecular flexibility index (Phi) is 4.23. The number of aromatic carboxylic acids is 1. The lowest BCUT2D eigenvalue weighted by Gasteiger charge is -2.18. The van der Waals surface area contributed by atoms with Gasteiger partial charge in [-0.05, 0) is 42.9 Å². The third-order valence-electron chi connectivity index (χ3n) is 4.23. The van der Waals surface area contributed by atoms with Crippen molar-refractivity contribution in [3.8, 4) is 0 Å². The number of anilines is 1. The van der Waals surface area contributed by atoms with Gasteiger partial charge in [-0.3, -0.25) is 0 Å². The minimum absolute atomic E-state index is 0.0190. The van der Waals surface area contributed by atoms with Crippen LogP contribution in [0.25, 0.3) is 0 Å². The monoisotopic (exact) mass is 315 g/mol. The van der Waals surface area contributed by atoms with Gasteiger partial charge < -0.3 is 10.0 Å². The Bertz CT molecular complexity index is 736. The molecule has 0 radical (unpaired) electrons. The molecule has 1 N–H and O–H groups in total. The van der Waals surface area contributed by atoms with Crippen LogP contribution in [0.15, 0.2) is 30.6 Å². The number of hydrogen-bond acceptors (Lipinski definition) is 4. The van der Waals surface area contributed by atoms with Crippen molar-refractivity contribution in [2.24, 2.45) is 5.92 Å². The molecule has 0 bridgehead atoms. The van der Waals surface area contributed by atoms with Gasteiger partial charge in [0.25, 0.3) is 0 Å². The lowest BCUT2D eigenvalue weighted by Crippen LogP contribution is -2.24. The highest BCUT2D eigenvalue weighted by Crippen LogP contribution is 2.26. The van der Waals surface area contributed by atoms with E-state index in [1.165, 1.54) is 12.4 Å². The van der Waals surface area contributed by atoms with E-state index in [9.17, 15) is 14.3 Å². The Morgan fingerprint density at radius 1 is 1.39 bits per heavy atom. The zero-order valence-electron chi connectivity index (χ0n) is 12.9. The molecule has 1 aliphatic rings. The average molecular weight is 315 g/mol. The summed E-state index contributed by atoms with van der Waals surface area (Å²) in [4.78, 5) is 21.3. The smallest absolute Gasteiger partial charge is 0.358 e. The number of aromatic nitrogens is 2. The first-order chi connectivity index (χ1) is 11.0. The Balaban J connectivity index is 1.71. The number of rotatable bonds is 4. The zero-order valence-corrected chi connectivity index (χ0v) is 12.9. The molecule has 2 heterocycles. The Morgan fingerprint density at radius 3 is 2.91 bits per heavy atom. The number of carbonyl (C=O) groups is 1. The van der Waals surface area contributed by atoms with Gasteiger partial charge in [0.1, 0.15) is 5.82 Å². The van der Waals surface area contributed by atoms with Crippen molar-refractivity contribution in [3.05, 3.63) is 53.2 Å². The quantitative estimate of drug-likeness (QED) is 0.939. The fourth-order valence-corrected chi connectivity index (χ4v) is 3.00. The Morgan fingerprint density at radius 2 is 2.17 bits per heavy atom. The molecule has 1 aliphatic heterocycles. The van der Waals surface area contributed by atoms with Crippen LogP contribution in [0.1, 0.15) is 28.0 Å². The molecule has 1 aromatic heterocycles. The topological polar surface area (TPSA) is 66.3 Å². The van der Waals surface area contributed by atoms with Crippen LogP contribution in [0.2, 0.25) is 0 Å². The highest BCUT2D eigenvalue weighted by Gasteiger charge is 2.27. The fraction of sp³-hybridized carbons (Fsp3) is 0.353. The normalized spacial score (nSPS) is 17.5. The molecule has 0 saturated carbocycles. The third-order valence-corrected chi connectivity index (χ3v) is 4.23. The standard InChI is InChI=1S/C17H18FN3O2/c1-11-2-3-12(9-14(11)18)8-13-4-7-21(10-13)16-15(17(22)23)19-5-6-20-16/h2-3,5-6,9,13H,4,7-8,10H2,1H3,(H,22,23). The van der Waals surface area contributed by atoms with Crippen LogP contribution in [0.3, 0.4) is 0 Å². The van der Waals surface area contributed by atoms with Gasteiger partial charge in [0, 0.05) is 25.5 Å². The molecule has 6 heteroatoms. The first-order valence-corrected chi connectivity index (χ1v) is 7.59. The van der Waals surface area contributed by atoms with Crippen molar-refractivity contribution in [3.63, 3.8) is 0 Å². The van der Waals surface area contributed by atoms with Crippen molar-refractivity contribution in [1.82, 2.24) is 9.97 Å². The summed E-state index contributed by atoms with van der Waals surface area (Å²) in [6.07, 6.45) is 4.58. The summed E-state index contributed by atoms with van der Waals surface area (Å²) in [7, 11) is 0. The first kappa shape index (κ1) is 15.4. The van der Waals surface area contributed by atoms with Gasteiger partial charge >= 0.3 is 5.97 Å². The lowest BCUT2D eigenvalue weighted by molar-refractivity contribution is 0.0690. The molecule has 0 spiro atoms. The molecule has 3 rings (SSSR count). The van der Waals surface area contributed by atoms with Gasteiger partial charge in [-0.25, -0.2) is 19.2 Å². The van der Waals surface area contributed by atoms with Crippen LogP contribution in [-0.4, -0.2) is 34.1 Å². The Labute approximate surface area is 133 Å². The SMILES string of the molecule is Cc1ccc(CC2CCN(c3nccnc3C(=O)O)C2)cc1F. The maximum atomic E-state index is 13.6. The number of aryl methyl sites for hydroxylation is 1. The minimum atomic E-state index is -1.07. The van der Waals surface area contributed by atoms with E-state index in [-0.39, 0.29) is 11.5 Å². The molecule has 1 unspecified atom stereocenters. The molecule has 23 heavy (non-hydrogen) atoms. The minimum Gasteiger partial charge on any atom is -0.476 e. The highest BCUT2D eigenvalue weighted by atomic mass is 19.1. The van der Waals surface area contributed by atoms with Crippen LogP contribution in [-0.2, 0) is 6.42 Å². The highest BCUT2D eigenvalue weighted by molar-refractivity contribution is 5.90. The Hall–Kier alpha value is -2.50. The lowest BCUT2D eigenvalue weighted by atomic mass is 9.98. The number of nitrogens with zero attached hydrogens (tertiary/aromatic N) is 3. The van der Waals surface area contributed by atoms with Gasteiger partial charge in [-0.2, -0.15) is 0 Å². The number of carboxylic acids is 1. The van der Waals surface area contributed by atoms with E-state index < -0.39 is 5.97 Å². The molecule has 0 aliphatic carbocycles. The number of benzene rings is 1. The van der Waals surface area contributed by atoms with Crippen molar-refractivity contribution in [2.45, 2.75) is 19.8 Å². The van der Waals surface area contributed by atoms with Crippen molar-refractivity contribution in [1.29, 1.82) is 0 Å². The summed E-state index contributed by atoms with van der Waals surface area (Å²) in [5.41, 5.74) is 1.60. The predicted octanol–water partition coefficient (Wildman–Crippen LogP) is 2.69. The molecular weight excluding hydrogens is 297 g/mol. The van der Waals surface area contributed by atoms with Gasteiger partial charge in [0.15, 0.2) is 11.5 Å². The van der Waals surface area contributed by atoms with E-state index in [1.54, 1.807) is 19.1 Å². The average Bonchev–Trinajstić information content (AvgIpc) is 2.99. The van der Waals surface area contributed by atoms with Gasteiger partial charge in [0.05, 0.1) is 0 Å². The van der Waals surface area contributed by atoms with Crippen molar-refractivity contribution >= 4 is 11.8 Å². The van der Waals surface area contributed by atoms with Gasteiger partial charge in [-0.1, -0.05) is 12.1 Å². The van der Waals surface area contributed by atoms with Gasteiger partial charge in [0.2, 0.25) is 0 Å². The van der Waals surface area contributed by atoms with E-state index in [2.05, 4.69) is 9.97 Å². The molecule has 2 aromatic rings. The van der Waals surface area contributed by atoms with Crippen LogP contribution in [0, 0.1) is 18.7 Å². The molecular formula is C17H18FN3O2. The third kappa shape index (κ3) is 3.31. The molecule has 0 amide bonds. The van der Waals surface area contributed by atoms with Crippen LogP contribution in [0.4, 0.5) is 10.2 Å². The van der Waals surface area contributed by atoms with E-state index in [1.807, 2.05) is 11.0 Å². The second kappa shape index (κ2) is 6.32. The molecule has 5 nitrogen and oxygen atoms in total. The maximum Gasteiger partial charge on any atom is 0.358 e. The molecule has 120 valence electrons. The summed E-state index contributed by atoms with van der Waals surface area (Å²) in [6.45, 7) is 3.18. The fourth-order valence-electron chi connectivity index (χ4n) is 3.00. The predicted molar refractivity (Wildman–Crippen MR) is 84.2 cm³/mol. The van der Waals surface area contributed by atoms with E-state index in [4.69, 9.17) is 0 Å². The van der Waals surface area contributed by atoms with Crippen molar-refractivity contribution < 1.29 is 14.3 Å². The summed E-state index contributed by atoms with van der Waals surface area (Å²) < 4.78 is 13.6. The summed E-state index contributed by atoms with van der Waals surface area (Å²) in [5.74, 6) is -0.491. The summed E-state index contributed by atoms with van der Waals surface area (Å²) in [5, 5.41) is 9.21. The first-order valence-electron chi connectivity index (χ1n) is 7.59. The number of halogens is 1. The second-order valence-corrected chi connectivity index (χ2v) is 5.92. The van der Waals surface area contributed by atoms with E-state index >= 15 is 0 Å². The van der Waals surface area contributed by atoms with Crippen molar-refractivity contribution in [2.75, 3.05) is 18.0 Å². The van der Waals surface area contributed by atoms with Crippen LogP contribution < -0.4 is 4.90 Å². The maximum absolute atomic E-state index is 13.6. The van der Waals surface area contributed by atoms with E-state index in [0.717, 1.165) is 24.9 Å². The van der Waals surface area contributed by atoms with Gasteiger partial charge in [-0.15, -0.1) is 0 Å². The molecule has 1 saturated heterocycles. The largest absolute Gasteiger partial charge is 0.476 e. The molecule has 1 fully saturated rings. The van der Waals surface area contributed by atoms with E-state index in [0.29, 0.717) is 23.8 Å². The number of hydrogen-bond donors (Lipinski definition) is 1. The zero-order chi connectivity index (χ0) is 16.4.